The molecule has 0 unspecified atom stereocenters. The third kappa shape index (κ3) is 5.78. The molecule has 0 aromatic heterocycles. The highest BCUT2D eigenvalue weighted by Gasteiger charge is 2.27. The number of amides is 1. The van der Waals surface area contributed by atoms with Crippen LogP contribution in [0, 0.1) is 5.92 Å². The second kappa shape index (κ2) is 10.2. The van der Waals surface area contributed by atoms with E-state index in [0.29, 0.717) is 6.42 Å². The van der Waals surface area contributed by atoms with E-state index in [9.17, 15) is 14.4 Å². The Morgan fingerprint density at radius 2 is 1.73 bits per heavy atom. The third-order valence-corrected chi connectivity index (χ3v) is 4.32. The third-order valence-electron chi connectivity index (χ3n) is 3.76. The number of hydrogen-bond acceptors (Lipinski definition) is 6. The smallest absolute Gasteiger partial charge is 0.338 e. The molecule has 0 heterocycles. The van der Waals surface area contributed by atoms with Gasteiger partial charge >= 0.3 is 11.9 Å². The lowest BCUT2D eigenvalue weighted by Crippen LogP contribution is -2.47. The highest BCUT2D eigenvalue weighted by atomic mass is 35.5. The van der Waals surface area contributed by atoms with E-state index in [-0.39, 0.29) is 27.3 Å². The lowest BCUT2D eigenvalue weighted by molar-refractivity contribution is -0.147. The molecule has 1 aromatic rings. The minimum Gasteiger partial charge on any atom is -0.494 e. The quantitative estimate of drug-likeness (QED) is 0.668. The summed E-state index contributed by atoms with van der Waals surface area (Å²) in [6.07, 6.45) is 0.655. The zero-order valence-electron chi connectivity index (χ0n) is 14.9. The zero-order valence-corrected chi connectivity index (χ0v) is 16.4. The minimum absolute atomic E-state index is 0.0695. The summed E-state index contributed by atoms with van der Waals surface area (Å²) >= 11 is 11.9. The Bertz CT molecular complexity index is 656. The first kappa shape index (κ1) is 22.1. The van der Waals surface area contributed by atoms with Crippen LogP contribution in [-0.4, -0.2) is 44.7 Å². The molecule has 0 aliphatic carbocycles. The summed E-state index contributed by atoms with van der Waals surface area (Å²) in [5, 5.41) is 2.78. The fraction of sp³-hybridized carbons (Fsp3) is 0.471. The molecule has 1 aromatic carbocycles. The van der Waals surface area contributed by atoms with E-state index < -0.39 is 30.5 Å². The topological polar surface area (TPSA) is 90.9 Å². The van der Waals surface area contributed by atoms with Crippen LogP contribution in [0.3, 0.4) is 0 Å². The summed E-state index contributed by atoms with van der Waals surface area (Å²) in [4.78, 5) is 35.8. The largest absolute Gasteiger partial charge is 0.494 e. The lowest BCUT2D eigenvalue weighted by Gasteiger charge is -2.21. The Hall–Kier alpha value is -1.99. The number of nitrogens with one attached hydrogen (secondary N) is 1. The van der Waals surface area contributed by atoms with Crippen LogP contribution in [0.5, 0.6) is 5.75 Å². The Morgan fingerprint density at radius 1 is 1.15 bits per heavy atom. The first-order valence-electron chi connectivity index (χ1n) is 7.82. The van der Waals surface area contributed by atoms with E-state index in [1.807, 2.05) is 6.92 Å². The van der Waals surface area contributed by atoms with Crippen molar-refractivity contribution in [2.24, 2.45) is 5.92 Å². The fourth-order valence-corrected chi connectivity index (χ4v) is 2.74. The Kier molecular flexibility index (Phi) is 8.68. The number of hydrogen-bond donors (Lipinski definition) is 1. The molecule has 0 bridgehead atoms. The molecule has 26 heavy (non-hydrogen) atoms. The summed E-state index contributed by atoms with van der Waals surface area (Å²) in [6, 6.07) is 1.83. The highest BCUT2D eigenvalue weighted by molar-refractivity contribution is 6.37. The van der Waals surface area contributed by atoms with Crippen LogP contribution in [0.25, 0.3) is 0 Å². The van der Waals surface area contributed by atoms with Crippen molar-refractivity contribution in [2.45, 2.75) is 26.3 Å². The van der Waals surface area contributed by atoms with E-state index in [0.717, 1.165) is 0 Å². The van der Waals surface area contributed by atoms with Crippen molar-refractivity contribution in [3.63, 3.8) is 0 Å². The van der Waals surface area contributed by atoms with E-state index in [4.69, 9.17) is 32.7 Å². The van der Waals surface area contributed by atoms with Crippen molar-refractivity contribution in [2.75, 3.05) is 20.8 Å². The molecule has 0 radical (unpaired) electrons. The number of esters is 2. The second-order valence-corrected chi connectivity index (χ2v) is 6.32. The molecule has 0 aliphatic heterocycles. The monoisotopic (exact) mass is 405 g/mol. The Morgan fingerprint density at radius 3 is 2.19 bits per heavy atom. The number of carbonyl (C=O) groups excluding carboxylic acids is 3. The summed E-state index contributed by atoms with van der Waals surface area (Å²) in [5.74, 6) is -1.88. The number of rotatable bonds is 8. The summed E-state index contributed by atoms with van der Waals surface area (Å²) in [7, 11) is 2.63. The number of benzene rings is 1. The van der Waals surface area contributed by atoms with Crippen molar-refractivity contribution in [1.29, 1.82) is 0 Å². The average molecular weight is 406 g/mol. The van der Waals surface area contributed by atoms with Crippen LogP contribution in [0.1, 0.15) is 30.6 Å². The molecule has 0 spiro atoms. The van der Waals surface area contributed by atoms with Gasteiger partial charge in [0.25, 0.3) is 5.91 Å². The first-order chi connectivity index (χ1) is 12.2. The standard InChI is InChI=1S/C17H21Cl2NO6/c1-5-9(2)14(17(23)25-4)20-13(21)8-26-16(22)10-6-11(18)15(24-3)12(19)7-10/h6-7,9,14H,5,8H2,1-4H3,(H,20,21)/t9-,14+/m1/s1. The van der Waals surface area contributed by atoms with Crippen molar-refractivity contribution < 1.29 is 28.6 Å². The van der Waals surface area contributed by atoms with Gasteiger partial charge in [0.2, 0.25) is 0 Å². The van der Waals surface area contributed by atoms with E-state index in [1.54, 1.807) is 6.92 Å². The molecule has 1 rings (SSSR count). The number of methoxy groups -OCH3 is 2. The molecule has 7 nitrogen and oxygen atoms in total. The molecule has 2 atom stereocenters. The zero-order chi connectivity index (χ0) is 19.9. The van der Waals surface area contributed by atoms with Crippen LogP contribution in [0.4, 0.5) is 0 Å². The van der Waals surface area contributed by atoms with Gasteiger partial charge in [-0.3, -0.25) is 4.79 Å². The SMILES string of the molecule is CC[C@@H](C)[C@H](NC(=O)COC(=O)c1cc(Cl)c(OC)c(Cl)c1)C(=O)OC. The molecule has 0 saturated heterocycles. The predicted octanol–water partition coefficient (Wildman–Crippen LogP) is 2.86. The van der Waals surface area contributed by atoms with Gasteiger partial charge in [-0.2, -0.15) is 0 Å². The van der Waals surface area contributed by atoms with Gasteiger partial charge in [-0.25, -0.2) is 9.59 Å². The van der Waals surface area contributed by atoms with Gasteiger partial charge in [-0.05, 0) is 18.1 Å². The van der Waals surface area contributed by atoms with Gasteiger partial charge in [0.15, 0.2) is 12.4 Å². The lowest BCUT2D eigenvalue weighted by atomic mass is 9.99. The van der Waals surface area contributed by atoms with Crippen molar-refractivity contribution in [3.05, 3.63) is 27.7 Å². The van der Waals surface area contributed by atoms with Crippen LogP contribution in [0.15, 0.2) is 12.1 Å². The molecule has 1 amide bonds. The molecule has 0 fully saturated rings. The minimum atomic E-state index is -0.818. The molecular formula is C17H21Cl2NO6. The Labute approximate surface area is 161 Å². The van der Waals surface area contributed by atoms with Crippen molar-refractivity contribution in [1.82, 2.24) is 5.32 Å². The van der Waals surface area contributed by atoms with E-state index >= 15 is 0 Å². The number of halogens is 2. The summed E-state index contributed by atoms with van der Waals surface area (Å²) < 4.78 is 14.6. The molecule has 144 valence electrons. The van der Waals surface area contributed by atoms with Gasteiger partial charge in [-0.15, -0.1) is 0 Å². The second-order valence-electron chi connectivity index (χ2n) is 5.50. The van der Waals surface area contributed by atoms with Gasteiger partial charge in [-0.1, -0.05) is 43.5 Å². The van der Waals surface area contributed by atoms with Crippen LogP contribution < -0.4 is 10.1 Å². The van der Waals surface area contributed by atoms with Gasteiger partial charge in [0.05, 0.1) is 29.8 Å². The van der Waals surface area contributed by atoms with Crippen LogP contribution in [-0.2, 0) is 19.1 Å². The normalized spacial score (nSPS) is 12.7. The van der Waals surface area contributed by atoms with E-state index in [2.05, 4.69) is 10.1 Å². The van der Waals surface area contributed by atoms with Crippen molar-refractivity contribution >= 4 is 41.0 Å². The number of carbonyl (C=O) groups is 3. The van der Waals surface area contributed by atoms with Crippen LogP contribution in [0.2, 0.25) is 10.0 Å². The maximum Gasteiger partial charge on any atom is 0.338 e. The van der Waals surface area contributed by atoms with Gasteiger partial charge in [0.1, 0.15) is 6.04 Å². The Balaban J connectivity index is 2.72. The maximum atomic E-state index is 12.1. The van der Waals surface area contributed by atoms with Gasteiger partial charge in [0, 0.05) is 0 Å². The maximum absolute atomic E-state index is 12.1. The molecule has 0 aliphatic rings. The van der Waals surface area contributed by atoms with E-state index in [1.165, 1.54) is 26.4 Å². The van der Waals surface area contributed by atoms with Gasteiger partial charge < -0.3 is 19.5 Å². The summed E-state index contributed by atoms with van der Waals surface area (Å²) in [5.41, 5.74) is 0.0695. The molecular weight excluding hydrogens is 385 g/mol. The molecule has 1 N–H and O–H groups in total. The first-order valence-corrected chi connectivity index (χ1v) is 8.58. The fourth-order valence-electron chi connectivity index (χ4n) is 2.10. The molecule has 0 saturated carbocycles. The van der Waals surface area contributed by atoms with Crippen LogP contribution >= 0.6 is 23.2 Å². The summed E-state index contributed by atoms with van der Waals surface area (Å²) in [6.45, 7) is 3.11. The molecule has 9 heteroatoms. The average Bonchev–Trinajstić information content (AvgIpc) is 2.62. The van der Waals surface area contributed by atoms with Crippen molar-refractivity contribution in [3.8, 4) is 5.75 Å². The number of ether oxygens (including phenoxy) is 3. The highest BCUT2D eigenvalue weighted by Crippen LogP contribution is 2.33. The predicted molar refractivity (Wildman–Crippen MR) is 96.7 cm³/mol.